The molecule has 2 bridgehead atoms. The van der Waals surface area contributed by atoms with Crippen LogP contribution in [0.3, 0.4) is 0 Å². The second-order valence-corrected chi connectivity index (χ2v) is 11.3. The second kappa shape index (κ2) is 9.14. The highest BCUT2D eigenvalue weighted by atomic mass is 79.9. The number of amides is 1. The van der Waals surface area contributed by atoms with Gasteiger partial charge in [0.25, 0.3) is 5.91 Å². The molecule has 5 rings (SSSR count). The molecule has 1 aliphatic carbocycles. The summed E-state index contributed by atoms with van der Waals surface area (Å²) in [6, 6.07) is 5.29. The third-order valence-corrected chi connectivity index (χ3v) is 7.63. The van der Waals surface area contributed by atoms with Crippen LogP contribution in [-0.2, 0) is 19.6 Å². The normalized spacial score (nSPS) is 30.3. The van der Waals surface area contributed by atoms with E-state index in [4.69, 9.17) is 9.47 Å². The predicted molar refractivity (Wildman–Crippen MR) is 117 cm³/mol. The molecule has 7 nitrogen and oxygen atoms in total. The van der Waals surface area contributed by atoms with Crippen LogP contribution in [0.5, 0.6) is 5.75 Å². The molecule has 1 saturated carbocycles. The van der Waals surface area contributed by atoms with Gasteiger partial charge in [0.05, 0.1) is 25.0 Å². The molecule has 0 radical (unpaired) electrons. The lowest BCUT2D eigenvalue weighted by Gasteiger charge is -2.41. The van der Waals surface area contributed by atoms with Crippen LogP contribution < -0.4 is 9.46 Å². The topological polar surface area (TPSA) is 84.9 Å². The quantitative estimate of drug-likeness (QED) is 0.674. The van der Waals surface area contributed by atoms with Crippen LogP contribution in [-0.4, -0.2) is 63.4 Å². The summed E-state index contributed by atoms with van der Waals surface area (Å²) in [5.41, 5.74) is 1.14. The van der Waals surface area contributed by atoms with Crippen molar-refractivity contribution in [2.75, 3.05) is 26.0 Å². The van der Waals surface area contributed by atoms with E-state index >= 15 is 0 Å². The van der Waals surface area contributed by atoms with E-state index < -0.39 is 10.0 Å². The van der Waals surface area contributed by atoms with Crippen molar-refractivity contribution in [3.05, 3.63) is 28.2 Å². The molecule has 166 valence electrons. The molecule has 3 heterocycles. The number of piperidine rings is 1. The van der Waals surface area contributed by atoms with Gasteiger partial charge in [0.1, 0.15) is 5.75 Å². The Hall–Kier alpha value is -1.16. The van der Waals surface area contributed by atoms with Gasteiger partial charge in [-0.2, -0.15) is 0 Å². The third kappa shape index (κ3) is 5.18. The van der Waals surface area contributed by atoms with E-state index in [-0.39, 0.29) is 30.7 Å². The molecule has 1 aromatic rings. The van der Waals surface area contributed by atoms with Crippen LogP contribution in [0.15, 0.2) is 22.7 Å². The first-order chi connectivity index (χ1) is 14.3. The molecule has 3 aliphatic heterocycles. The number of benzene rings is 1. The Bertz CT molecular complexity index is 885. The molecule has 0 aromatic heterocycles. The number of nitrogens with one attached hydrogen (secondary N) is 1. The van der Waals surface area contributed by atoms with Crippen molar-refractivity contribution >= 4 is 31.9 Å². The number of sulfonamides is 1. The molecule has 0 spiro atoms. The van der Waals surface area contributed by atoms with Gasteiger partial charge < -0.3 is 14.4 Å². The first kappa shape index (κ1) is 22.0. The van der Waals surface area contributed by atoms with E-state index in [0.29, 0.717) is 25.5 Å². The van der Waals surface area contributed by atoms with E-state index in [9.17, 15) is 13.2 Å². The zero-order chi connectivity index (χ0) is 21.3. The summed E-state index contributed by atoms with van der Waals surface area (Å²) in [5, 5.41) is 0. The van der Waals surface area contributed by atoms with Gasteiger partial charge in [-0.1, -0.05) is 15.9 Å². The predicted octanol–water partition coefficient (Wildman–Crippen LogP) is 2.79. The maximum atomic E-state index is 13.1. The molecule has 1 N–H and O–H groups in total. The van der Waals surface area contributed by atoms with Crippen molar-refractivity contribution in [3.8, 4) is 5.75 Å². The molecular formula is C21H29BrN2O5S. The number of carbonyl (C=O) groups excluding carboxylic acids is 1. The zero-order valence-electron chi connectivity index (χ0n) is 17.2. The maximum Gasteiger partial charge on any atom is 0.260 e. The Balaban J connectivity index is 1.62. The molecular weight excluding hydrogens is 472 g/mol. The summed E-state index contributed by atoms with van der Waals surface area (Å²) in [5.74, 6) is 1.01. The summed E-state index contributed by atoms with van der Waals surface area (Å²) < 4.78 is 39.7. The van der Waals surface area contributed by atoms with Gasteiger partial charge in [-0.25, -0.2) is 13.1 Å². The molecule has 2 fully saturated rings. The molecule has 1 aromatic carbocycles. The van der Waals surface area contributed by atoms with Crippen LogP contribution in [0.1, 0.15) is 50.0 Å². The summed E-state index contributed by atoms with van der Waals surface area (Å²) in [6.07, 6.45) is 6.63. The summed E-state index contributed by atoms with van der Waals surface area (Å²) in [7, 11) is -3.38. The number of rotatable bonds is 2. The molecule has 1 unspecified atom stereocenters. The fraction of sp³-hybridized carbons (Fsp3) is 0.667. The number of nitrogens with zero attached hydrogens (tertiary/aromatic N) is 1. The maximum absolute atomic E-state index is 13.1. The molecule has 1 saturated heterocycles. The van der Waals surface area contributed by atoms with Crippen molar-refractivity contribution in [2.45, 2.75) is 62.6 Å². The first-order valence-electron chi connectivity index (χ1n) is 10.6. The fourth-order valence-corrected chi connectivity index (χ4v) is 6.16. The summed E-state index contributed by atoms with van der Waals surface area (Å²) >= 11 is 3.56. The molecule has 9 heteroatoms. The standard InChI is InChI=1S/C21H29BrN2O5S/c1-30(26,27)23-18-3-2-10-24-19(18)12-28-16-7-4-14(5-8-16)17-11-15(22)6-9-20(17)29-13-21(24)25/h6,9,11,14,16,18-19,23H,2-5,7-8,10,12-13H2,1H3/t14-,16+,18?,19-/m0/s1. The van der Waals surface area contributed by atoms with Gasteiger partial charge in [-0.3, -0.25) is 4.79 Å². The van der Waals surface area contributed by atoms with Gasteiger partial charge in [0.2, 0.25) is 10.0 Å². The lowest BCUT2D eigenvalue weighted by Crippen LogP contribution is -2.59. The minimum absolute atomic E-state index is 0.0626. The first-order valence-corrected chi connectivity index (χ1v) is 13.3. The number of hydrogen-bond donors (Lipinski definition) is 1. The van der Waals surface area contributed by atoms with Crippen molar-refractivity contribution in [1.82, 2.24) is 9.62 Å². The Morgan fingerprint density at radius 2 is 1.93 bits per heavy atom. The highest BCUT2D eigenvalue weighted by Crippen LogP contribution is 2.40. The zero-order valence-corrected chi connectivity index (χ0v) is 19.6. The van der Waals surface area contributed by atoms with Crippen molar-refractivity contribution in [3.63, 3.8) is 0 Å². The largest absolute Gasteiger partial charge is 0.483 e. The van der Waals surface area contributed by atoms with Gasteiger partial charge in [-0.15, -0.1) is 0 Å². The summed E-state index contributed by atoms with van der Waals surface area (Å²) in [6.45, 7) is 0.859. The monoisotopic (exact) mass is 500 g/mol. The van der Waals surface area contributed by atoms with Crippen LogP contribution in [0.2, 0.25) is 0 Å². The number of carbonyl (C=O) groups is 1. The molecule has 1 amide bonds. The molecule has 2 atom stereocenters. The van der Waals surface area contributed by atoms with E-state index in [1.165, 1.54) is 0 Å². The van der Waals surface area contributed by atoms with Crippen LogP contribution in [0, 0.1) is 0 Å². The lowest BCUT2D eigenvalue weighted by atomic mass is 9.82. The molecule has 30 heavy (non-hydrogen) atoms. The van der Waals surface area contributed by atoms with Crippen molar-refractivity contribution < 1.29 is 22.7 Å². The van der Waals surface area contributed by atoms with Crippen LogP contribution in [0.4, 0.5) is 0 Å². The Kier molecular flexibility index (Phi) is 6.72. The van der Waals surface area contributed by atoms with Gasteiger partial charge in [0.15, 0.2) is 6.61 Å². The van der Waals surface area contributed by atoms with Crippen molar-refractivity contribution in [2.24, 2.45) is 0 Å². The Morgan fingerprint density at radius 1 is 1.17 bits per heavy atom. The third-order valence-electron chi connectivity index (χ3n) is 6.40. The van der Waals surface area contributed by atoms with E-state index in [1.54, 1.807) is 4.90 Å². The Morgan fingerprint density at radius 3 is 2.67 bits per heavy atom. The van der Waals surface area contributed by atoms with Crippen LogP contribution >= 0.6 is 15.9 Å². The minimum atomic E-state index is -3.38. The SMILES string of the molecule is CS(=O)(=O)NC1CCCN2C(=O)COc3ccc(Br)cc3[C@H]3CC[C@H](CC3)OC[C@@H]12. The van der Waals surface area contributed by atoms with E-state index in [0.717, 1.165) is 54.1 Å². The average molecular weight is 501 g/mol. The van der Waals surface area contributed by atoms with Gasteiger partial charge in [0, 0.05) is 17.1 Å². The van der Waals surface area contributed by atoms with Crippen LogP contribution in [0.25, 0.3) is 0 Å². The number of hydrogen-bond acceptors (Lipinski definition) is 5. The van der Waals surface area contributed by atoms with E-state index in [1.807, 2.05) is 12.1 Å². The molecule has 4 aliphatic rings. The highest BCUT2D eigenvalue weighted by molar-refractivity contribution is 9.10. The fourth-order valence-electron chi connectivity index (χ4n) is 4.95. The lowest BCUT2D eigenvalue weighted by molar-refractivity contribution is -0.140. The van der Waals surface area contributed by atoms with Crippen molar-refractivity contribution in [1.29, 1.82) is 0 Å². The minimum Gasteiger partial charge on any atom is -0.483 e. The summed E-state index contributed by atoms with van der Waals surface area (Å²) in [4.78, 5) is 14.8. The van der Waals surface area contributed by atoms with Gasteiger partial charge >= 0.3 is 0 Å². The Labute approximate surface area is 186 Å². The number of halogens is 1. The number of fused-ring (bicyclic) bond motifs is 5. The second-order valence-electron chi connectivity index (χ2n) is 8.57. The number of ether oxygens (including phenoxy) is 2. The average Bonchev–Trinajstić information content (AvgIpc) is 2.71. The van der Waals surface area contributed by atoms with E-state index in [2.05, 4.69) is 26.7 Å². The van der Waals surface area contributed by atoms with Gasteiger partial charge in [-0.05, 0) is 68.2 Å². The smallest absolute Gasteiger partial charge is 0.260 e. The highest BCUT2D eigenvalue weighted by Gasteiger charge is 2.37.